The van der Waals surface area contributed by atoms with Crippen molar-refractivity contribution in [1.29, 1.82) is 0 Å². The van der Waals surface area contributed by atoms with E-state index in [1.807, 2.05) is 230 Å². The molecule has 0 atom stereocenters. The summed E-state index contributed by atoms with van der Waals surface area (Å²) in [5.74, 6) is 0.495. The third-order valence-corrected chi connectivity index (χ3v) is 21.7. The summed E-state index contributed by atoms with van der Waals surface area (Å²) in [4.78, 5) is 70.6. The molecule has 22 rings (SSSR count). The van der Waals surface area contributed by atoms with E-state index in [0.29, 0.717) is 30.2 Å². The van der Waals surface area contributed by atoms with Gasteiger partial charge in [0, 0.05) is 251 Å². The number of rotatable bonds is 11. The highest BCUT2D eigenvalue weighted by Gasteiger charge is 2.17. The Morgan fingerprint density at radius 1 is 0.478 bits per heavy atom. The van der Waals surface area contributed by atoms with Crippen molar-refractivity contribution >= 4 is 156 Å². The summed E-state index contributed by atoms with van der Waals surface area (Å²) in [7, 11) is 8.54. The van der Waals surface area contributed by atoms with Crippen molar-refractivity contribution in [3.63, 3.8) is 0 Å². The number of nitrogens with zero attached hydrogens (tertiary/aromatic N) is 22. The number of aromatic amines is 2. The van der Waals surface area contributed by atoms with Crippen molar-refractivity contribution in [1.82, 2.24) is 119 Å². The van der Waals surface area contributed by atoms with E-state index in [4.69, 9.17) is 22.3 Å². The lowest BCUT2D eigenvalue weighted by Gasteiger charge is -2.08. The van der Waals surface area contributed by atoms with Crippen molar-refractivity contribution in [3.05, 3.63) is 341 Å². The molecule has 3 amide bonds. The number of alkyl halides is 1. The summed E-state index contributed by atoms with van der Waals surface area (Å²) < 4.78 is 36.9. The van der Waals surface area contributed by atoms with E-state index in [1.165, 1.54) is 25.0 Å². The maximum absolute atomic E-state index is 12.1. The van der Waals surface area contributed by atoms with Crippen LogP contribution >= 0.6 is 45.2 Å². The Hall–Kier alpha value is -16.2. The van der Waals surface area contributed by atoms with Crippen LogP contribution in [0.3, 0.4) is 0 Å². The number of amides is 3. The quantitative estimate of drug-likeness (QED) is 0.0274. The molecule has 9 N–H and O–H groups in total. The number of carbonyl (C=O) groups is 2. The monoisotopic (exact) mass is 2020 g/mol. The molecule has 17 heterocycles. The van der Waals surface area contributed by atoms with E-state index in [9.17, 15) is 24.1 Å². The number of H-pyrrole nitrogens is 2. The molecule has 16 aromatic heterocycles. The third kappa shape index (κ3) is 25.7. The van der Waals surface area contributed by atoms with Crippen LogP contribution in [0.5, 0.6) is 5.75 Å². The fraction of sp³-hybridized carbons (Fsp3) is 0.125. The minimum Gasteiger partial charge on any atom is -0.410 e. The summed E-state index contributed by atoms with van der Waals surface area (Å²) in [6.07, 6.45) is 35.5. The number of nitrogen functional groups attached to an aromatic ring is 1. The van der Waals surface area contributed by atoms with E-state index in [2.05, 4.69) is 152 Å². The van der Waals surface area contributed by atoms with Gasteiger partial charge >= 0.3 is 12.1 Å². The molecule has 0 radical (unpaired) electrons. The average Bonchev–Trinajstić information content (AvgIpc) is 1.65. The number of carbonyl (C=O) groups excluding carboxylic acids is 2. The number of halogens is 3. The SMILES string of the molecule is C1CCOC1.Cn1nc(-c2ccc(N)cc2)c2cnccc21.Cn1nc(-c2ccc(NC(=O)NCc3ccncc3)cc2)c2cnccc21.Cn1nc(-c2ccc(NC(=O)Oc3ccccc3)cc2)c2cnccc21.Cn1nc(-c2ccc([N+](=O)[O-])cc2)c2cnccc21.Cn1nc(I)c2cnccc21.Ic1[nH]nc2ccncc12.NCc1ccncc1.[2H]CF.c1cc2[nH]ncc2cn1. The molecule has 5 aromatic carbocycles. The lowest BCUT2D eigenvalue weighted by atomic mass is 10.1. The number of hydrogen-bond acceptors (Lipinski definition) is 24. The molecule has 676 valence electrons. The first-order chi connectivity index (χ1) is 65.8. The normalized spacial score (nSPS) is 11.1. The molecule has 1 aliphatic rings. The zero-order valence-corrected chi connectivity index (χ0v) is 77.3. The van der Waals surface area contributed by atoms with Crippen LogP contribution in [0, 0.1) is 17.5 Å². The number of anilines is 3. The molecule has 35 nitrogen and oxygen atoms in total. The highest BCUT2D eigenvalue weighted by Crippen LogP contribution is 2.33. The van der Waals surface area contributed by atoms with Crippen LogP contribution in [0.4, 0.5) is 36.7 Å². The van der Waals surface area contributed by atoms with Gasteiger partial charge in [0.2, 0.25) is 0 Å². The molecule has 1 saturated heterocycles. The molecular formula is C96H90FI2N29O6. The van der Waals surface area contributed by atoms with Crippen molar-refractivity contribution in [2.24, 2.45) is 41.0 Å². The minimum atomic E-state index is -1.00. The maximum Gasteiger partial charge on any atom is 0.417 e. The second-order valence-electron chi connectivity index (χ2n) is 29.0. The Labute approximate surface area is 795 Å². The van der Waals surface area contributed by atoms with Gasteiger partial charge < -0.3 is 31.6 Å². The van der Waals surface area contributed by atoms with E-state index in [1.54, 1.807) is 128 Å². The number of nitro benzene ring substituents is 1. The first-order valence-electron chi connectivity index (χ1n) is 42.0. The van der Waals surface area contributed by atoms with Gasteiger partial charge in [-0.1, -0.05) is 54.6 Å². The molecule has 1 aliphatic heterocycles. The van der Waals surface area contributed by atoms with Crippen LogP contribution in [0.15, 0.2) is 312 Å². The summed E-state index contributed by atoms with van der Waals surface area (Å²) in [6, 6.07) is 58.8. The molecule has 21 aromatic rings. The minimum absolute atomic E-state index is 0.0714. The smallest absolute Gasteiger partial charge is 0.410 e. The van der Waals surface area contributed by atoms with Gasteiger partial charge in [0.1, 0.15) is 35.9 Å². The number of ether oxygens (including phenoxy) is 2. The first kappa shape index (κ1) is 93.9. The van der Waals surface area contributed by atoms with E-state index in [-0.39, 0.29) is 11.7 Å². The number of nitrogens with two attached hydrogens (primary N) is 2. The molecule has 1 fully saturated rings. The molecule has 0 aliphatic carbocycles. The number of aryl methyl sites for hydroxylation is 5. The van der Waals surface area contributed by atoms with Gasteiger partial charge in [-0.05, 0) is 197 Å². The number of aromatic nitrogens is 23. The van der Waals surface area contributed by atoms with Gasteiger partial charge in [0.25, 0.3) is 5.69 Å². The highest BCUT2D eigenvalue weighted by molar-refractivity contribution is 14.1. The van der Waals surface area contributed by atoms with Gasteiger partial charge in [0.15, 0.2) is 0 Å². The van der Waals surface area contributed by atoms with Gasteiger partial charge in [-0.25, -0.2) is 9.59 Å². The number of nitro groups is 1. The summed E-state index contributed by atoms with van der Waals surface area (Å²) in [5, 5.41) is 62.2. The molecule has 38 heteroatoms. The van der Waals surface area contributed by atoms with Gasteiger partial charge in [-0.3, -0.25) is 98.3 Å². The van der Waals surface area contributed by atoms with Crippen LogP contribution in [0.2, 0.25) is 0 Å². The van der Waals surface area contributed by atoms with Crippen molar-refractivity contribution in [2.45, 2.75) is 25.9 Å². The summed E-state index contributed by atoms with van der Waals surface area (Å²) in [6.45, 7) is 3.04. The van der Waals surface area contributed by atoms with Crippen LogP contribution in [-0.4, -0.2) is 152 Å². The van der Waals surface area contributed by atoms with Crippen LogP contribution in [0.1, 0.15) is 25.3 Å². The Balaban J connectivity index is 0.000000133. The molecule has 0 saturated carbocycles. The van der Waals surface area contributed by atoms with Crippen molar-refractivity contribution < 1.29 is 29.7 Å². The average molecular weight is 2020 g/mol. The van der Waals surface area contributed by atoms with E-state index < -0.39 is 18.2 Å². The van der Waals surface area contributed by atoms with Crippen molar-refractivity contribution in [2.75, 3.05) is 36.7 Å². The number of fused-ring (bicyclic) bond motifs is 7. The Morgan fingerprint density at radius 2 is 0.873 bits per heavy atom. The summed E-state index contributed by atoms with van der Waals surface area (Å²) >= 11 is 4.40. The van der Waals surface area contributed by atoms with Gasteiger partial charge in [0.05, 0.1) is 69.0 Å². The van der Waals surface area contributed by atoms with Gasteiger partial charge in [-0.15, -0.1) is 0 Å². The number of nitrogens with one attached hydrogen (secondary N) is 5. The zero-order chi connectivity index (χ0) is 94.8. The zero-order valence-electron chi connectivity index (χ0n) is 74.0. The highest BCUT2D eigenvalue weighted by atomic mass is 127. The van der Waals surface area contributed by atoms with E-state index >= 15 is 0 Å². The number of pyridine rings is 9. The van der Waals surface area contributed by atoms with Gasteiger partial charge in [-0.2, -0.15) is 35.7 Å². The largest absolute Gasteiger partial charge is 0.417 e. The molecule has 0 unspecified atom stereocenters. The standard InChI is InChI=1S/C20H18N6O.C20H16N4O2.C13H10N4O2.C13H12N4.C7H6IN3.C6H4IN3.C6H5N3.C6H8N2.C4H8O.CH3F/c1-26-18-8-11-22-13-17(18)19(25-26)15-2-4-16(5-3-15)24-20(27)23-12-14-6-9-21-10-7-14;1-24-18-11-12-21-13-17(18)19(23-24)14-7-9-15(10-8-14)22-20(25)26-16-5-3-2-4-6-16;1-16-12-6-7-14-8-11(12)13(15-16)9-2-4-10(5-3-9)17(18)19;1-17-12-6-7-15-8-11(12)13(16-17)9-2-4-10(14)5-3-9;1-11-6-2-3-9-4-5(6)7(8)10-11;7-6-4-3-8-2-1-5(4)9-10-6;1-2-7-3-5-4-8-9-6(1)5;7-5-6-1-3-8-4-2-6;1-2-4-5-3-1;1-2/h2-11,13H,12H2,1H3,(H2,23,24,27);2-13H,1H3,(H,22,25);2-8H,1H3;2-8H,14H2,1H3;2-4H,1H3;1-3H,(H,9,10);1-4H,(H,8,9);1-4H,5,7H2;1-4H2;1H3/i;;;;;;;;;1D. The lowest BCUT2D eigenvalue weighted by Crippen LogP contribution is -2.28. The topological polar surface area (TPSA) is 446 Å². The Morgan fingerprint density at radius 3 is 1.30 bits per heavy atom. The second kappa shape index (κ2) is 47.9. The number of benzene rings is 5. The molecular weight excluding hydrogens is 1930 g/mol. The van der Waals surface area contributed by atoms with Crippen LogP contribution in [-0.2, 0) is 53.1 Å². The molecule has 0 bridgehead atoms. The van der Waals surface area contributed by atoms with Crippen LogP contribution < -0.4 is 32.2 Å². The number of para-hydroxylation sites is 1. The third-order valence-electron chi connectivity index (χ3n) is 20.1. The Kier molecular flexibility index (Phi) is 33.6. The number of urea groups is 1. The Bertz CT molecular complexity index is 7310. The number of hydrogen-bond donors (Lipinski definition) is 7. The number of non-ortho nitro benzene ring substituents is 1. The lowest BCUT2D eigenvalue weighted by molar-refractivity contribution is -0.384. The fourth-order valence-electron chi connectivity index (χ4n) is 13.4. The molecule has 0 spiro atoms. The predicted octanol–water partition coefficient (Wildman–Crippen LogP) is 18.4. The first-order valence-corrected chi connectivity index (χ1v) is 43.4. The fourth-order valence-corrected chi connectivity index (χ4v) is 14.7. The summed E-state index contributed by atoms with van der Waals surface area (Å²) in [5.41, 5.74) is 29.8. The van der Waals surface area contributed by atoms with Crippen molar-refractivity contribution in [3.8, 4) is 50.8 Å². The predicted molar refractivity (Wildman–Crippen MR) is 534 cm³/mol. The second-order valence-corrected chi connectivity index (χ2v) is 31.1. The van der Waals surface area contributed by atoms with Crippen LogP contribution in [0.25, 0.3) is 121 Å². The van der Waals surface area contributed by atoms with E-state index in [0.717, 1.165) is 159 Å². The maximum atomic E-state index is 12.1. The molecule has 134 heavy (non-hydrogen) atoms.